The van der Waals surface area contributed by atoms with E-state index in [-0.39, 0.29) is 62.3 Å². The van der Waals surface area contributed by atoms with Gasteiger partial charge in [-0.25, -0.2) is 17.3 Å². The van der Waals surface area contributed by atoms with Crippen LogP contribution in [-0.2, 0) is 58.6 Å². The Bertz CT molecular complexity index is 2550. The van der Waals surface area contributed by atoms with E-state index < -0.39 is 113 Å². The molecule has 10 nitrogen and oxygen atoms in total. The number of rotatable bonds is 12. The van der Waals surface area contributed by atoms with Crippen molar-refractivity contribution < 1.29 is 57.7 Å². The maximum atomic E-state index is 15.4. The molecule has 0 radical (unpaired) electrons. The van der Waals surface area contributed by atoms with Gasteiger partial charge in [-0.05, 0) is 55.0 Å². The zero-order chi connectivity index (χ0) is 43.8. The molecule has 4 atom stereocenters. The maximum absolute atomic E-state index is 15.4. The standard InChI is InChI=1S/C38H32ClF10N7O3S/c1-4-20-6-7-21(22-8-9-25(39)30-32(22)55(16-36(42,43)44)53-35(30)56(60(3)59)28(58)5-2)31(50-20)26(12-17-10-18(40)13-19(41)11-17)51-27(57)15-54-34-29(33(52-54)38(47,48)49)23-14-24(23)37(34,45)46/h6-11,13,23-24,26H,4-5,12,14-16H2,1-3H3,(H,51,57)/t23-,24+,26?,60?/m0/s1. The summed E-state index contributed by atoms with van der Waals surface area (Å²) in [5.74, 6) is -10.7. The fraction of sp³-hybridized carbons (Fsp3) is 0.395. The lowest BCUT2D eigenvalue weighted by molar-refractivity contribution is -0.143. The van der Waals surface area contributed by atoms with Gasteiger partial charge in [0, 0.05) is 47.0 Å². The second-order valence-electron chi connectivity index (χ2n) is 14.4. The molecule has 60 heavy (non-hydrogen) atoms. The van der Waals surface area contributed by atoms with E-state index in [1.54, 1.807) is 6.92 Å². The third-order valence-corrected chi connectivity index (χ3v) is 11.5. The van der Waals surface area contributed by atoms with Crippen LogP contribution in [0.5, 0.6) is 0 Å². The Morgan fingerprint density at radius 3 is 2.27 bits per heavy atom. The van der Waals surface area contributed by atoms with Crippen molar-refractivity contribution in [1.82, 2.24) is 29.9 Å². The molecule has 0 saturated heterocycles. The number of aromatic nitrogens is 5. The summed E-state index contributed by atoms with van der Waals surface area (Å²) in [5.41, 5.74) is -3.57. The van der Waals surface area contributed by atoms with Crippen LogP contribution in [0.25, 0.3) is 22.0 Å². The minimum absolute atomic E-state index is 0.0112. The topological polar surface area (TPSA) is 115 Å². The number of halogens is 11. The molecule has 5 aromatic rings. The number of fused-ring (bicyclic) bond motifs is 4. The Labute approximate surface area is 341 Å². The highest BCUT2D eigenvalue weighted by atomic mass is 35.5. The molecule has 1 saturated carbocycles. The third-order valence-electron chi connectivity index (χ3n) is 10.3. The van der Waals surface area contributed by atoms with Crippen LogP contribution in [0.4, 0.5) is 49.7 Å². The van der Waals surface area contributed by atoms with Crippen LogP contribution in [0.15, 0.2) is 42.5 Å². The van der Waals surface area contributed by atoms with E-state index in [1.165, 1.54) is 31.2 Å². The van der Waals surface area contributed by atoms with Crippen LogP contribution >= 0.6 is 11.6 Å². The summed E-state index contributed by atoms with van der Waals surface area (Å²) >= 11 is 6.59. The normalized spacial score (nSPS) is 18.0. The highest BCUT2D eigenvalue weighted by molar-refractivity contribution is 7.86. The van der Waals surface area contributed by atoms with Crippen molar-refractivity contribution in [3.05, 3.63) is 93.0 Å². The number of nitrogens with zero attached hydrogens (tertiary/aromatic N) is 6. The second kappa shape index (κ2) is 15.4. The lowest BCUT2D eigenvalue weighted by atomic mass is 9.93. The molecule has 2 amide bonds. The molecule has 7 rings (SSSR count). The molecule has 320 valence electrons. The van der Waals surface area contributed by atoms with Crippen LogP contribution in [0.3, 0.4) is 0 Å². The van der Waals surface area contributed by atoms with E-state index in [9.17, 15) is 48.9 Å². The van der Waals surface area contributed by atoms with Gasteiger partial charge < -0.3 is 5.32 Å². The Hall–Kier alpha value is -5.05. The van der Waals surface area contributed by atoms with Crippen molar-refractivity contribution in [2.45, 2.75) is 82.9 Å². The van der Waals surface area contributed by atoms with Crippen LogP contribution in [-0.4, -0.2) is 53.0 Å². The van der Waals surface area contributed by atoms with Gasteiger partial charge in [-0.15, -0.1) is 0 Å². The zero-order valence-corrected chi connectivity index (χ0v) is 33.1. The molecule has 3 heterocycles. The van der Waals surface area contributed by atoms with E-state index in [2.05, 4.69) is 20.5 Å². The number of carbonyl (C=O) groups is 2. The van der Waals surface area contributed by atoms with E-state index >= 15 is 8.78 Å². The van der Waals surface area contributed by atoms with E-state index in [1.807, 2.05) is 0 Å². The first-order valence-electron chi connectivity index (χ1n) is 18.3. The minimum atomic E-state index is -5.13. The second-order valence-corrected chi connectivity index (χ2v) is 16.0. The number of alkyl halides is 8. The Kier molecular flexibility index (Phi) is 11.1. The first kappa shape index (κ1) is 43.1. The number of hydrogen-bond acceptors (Lipinski definition) is 6. The first-order chi connectivity index (χ1) is 28.0. The molecular weight excluding hydrogens is 860 g/mol. The van der Waals surface area contributed by atoms with Crippen molar-refractivity contribution in [3.8, 4) is 11.1 Å². The molecule has 0 aliphatic heterocycles. The van der Waals surface area contributed by atoms with Gasteiger partial charge >= 0.3 is 12.4 Å². The summed E-state index contributed by atoms with van der Waals surface area (Å²) < 4.78 is 159. The largest absolute Gasteiger partial charge is 0.435 e. The number of carbonyl (C=O) groups excluding carboxylic acids is 2. The summed E-state index contributed by atoms with van der Waals surface area (Å²) in [6.07, 6.45) is -9.60. The van der Waals surface area contributed by atoms with Crippen LogP contribution in [0.2, 0.25) is 5.02 Å². The molecule has 0 spiro atoms. The van der Waals surface area contributed by atoms with E-state index in [0.717, 1.165) is 18.4 Å². The van der Waals surface area contributed by atoms with Crippen molar-refractivity contribution >= 4 is 51.1 Å². The van der Waals surface area contributed by atoms with Gasteiger partial charge in [0.05, 0.1) is 27.7 Å². The number of pyridine rings is 1. The Morgan fingerprint density at radius 2 is 1.67 bits per heavy atom. The van der Waals surface area contributed by atoms with Gasteiger partial charge in [0.15, 0.2) is 11.5 Å². The molecule has 2 aromatic carbocycles. The monoisotopic (exact) mass is 891 g/mol. The summed E-state index contributed by atoms with van der Waals surface area (Å²) in [6, 6.07) is 6.40. The van der Waals surface area contributed by atoms with Crippen LogP contribution in [0, 0.1) is 17.6 Å². The first-order valence-corrected chi connectivity index (χ1v) is 20.2. The van der Waals surface area contributed by atoms with Gasteiger partial charge in [0.1, 0.15) is 41.4 Å². The van der Waals surface area contributed by atoms with Crippen molar-refractivity contribution in [2.75, 3.05) is 10.6 Å². The third kappa shape index (κ3) is 7.96. The summed E-state index contributed by atoms with van der Waals surface area (Å²) in [6.45, 7) is 0.226. The average Bonchev–Trinajstić information content (AvgIpc) is 3.66. The van der Waals surface area contributed by atoms with Crippen molar-refractivity contribution in [2.24, 2.45) is 5.92 Å². The van der Waals surface area contributed by atoms with Gasteiger partial charge in [-0.2, -0.15) is 45.3 Å². The fourth-order valence-corrected chi connectivity index (χ4v) is 8.81. The SMILES string of the molecule is CCC(=O)N(c1nn(CC(F)(F)F)c2c(-c3ccc(CC)nc3C(Cc3cc(F)cc(F)c3)NC(=O)Cn3nc(C(F)(F)F)c4c3C(F)(F)[C@@H]3C[C@H]43)ccc(Cl)c12)S(C)=O. The number of aryl methyl sites for hydroxylation is 1. The van der Waals surface area contributed by atoms with Crippen LogP contribution in [0.1, 0.15) is 72.6 Å². The molecule has 1 N–H and O–H groups in total. The number of amides is 2. The smallest absolute Gasteiger partial charge is 0.346 e. The Balaban J connectivity index is 1.41. The number of anilines is 1. The number of nitrogens with one attached hydrogen (secondary N) is 1. The lowest BCUT2D eigenvalue weighted by Gasteiger charge is -2.24. The number of benzene rings is 2. The summed E-state index contributed by atoms with van der Waals surface area (Å²) in [5, 5.41) is 9.58. The molecule has 2 unspecified atom stereocenters. The fourth-order valence-electron chi connectivity index (χ4n) is 7.79. The predicted octanol–water partition coefficient (Wildman–Crippen LogP) is 8.72. The molecular formula is C38H32ClF10N7O3S. The lowest BCUT2D eigenvalue weighted by Crippen LogP contribution is -2.35. The minimum Gasteiger partial charge on any atom is -0.346 e. The van der Waals surface area contributed by atoms with Gasteiger partial charge in [0.25, 0.3) is 5.92 Å². The maximum Gasteiger partial charge on any atom is 0.435 e. The number of hydrogen-bond donors (Lipinski definition) is 1. The van der Waals surface area contributed by atoms with Gasteiger partial charge in [-0.1, -0.05) is 37.6 Å². The van der Waals surface area contributed by atoms with Crippen molar-refractivity contribution in [1.29, 1.82) is 0 Å². The highest BCUT2D eigenvalue weighted by Gasteiger charge is 2.68. The zero-order valence-electron chi connectivity index (χ0n) is 31.5. The molecule has 1 fully saturated rings. The Morgan fingerprint density at radius 1 is 1.00 bits per heavy atom. The van der Waals surface area contributed by atoms with Crippen LogP contribution < -0.4 is 9.62 Å². The molecule has 22 heteroatoms. The van der Waals surface area contributed by atoms with E-state index in [0.29, 0.717) is 20.7 Å². The quantitative estimate of drug-likeness (QED) is 0.125. The molecule has 0 bridgehead atoms. The van der Waals surface area contributed by atoms with E-state index in [4.69, 9.17) is 11.6 Å². The summed E-state index contributed by atoms with van der Waals surface area (Å²) in [7, 11) is -2.15. The molecule has 2 aliphatic carbocycles. The van der Waals surface area contributed by atoms with Gasteiger partial charge in [0.2, 0.25) is 11.8 Å². The highest BCUT2D eigenvalue weighted by Crippen LogP contribution is 2.68. The predicted molar refractivity (Wildman–Crippen MR) is 198 cm³/mol. The van der Waals surface area contributed by atoms with Gasteiger partial charge in [-0.3, -0.25) is 23.9 Å². The summed E-state index contributed by atoms with van der Waals surface area (Å²) in [4.78, 5) is 31.6. The molecule has 3 aromatic heterocycles. The van der Waals surface area contributed by atoms with Crippen molar-refractivity contribution in [3.63, 3.8) is 0 Å². The molecule has 2 aliphatic rings. The average molecular weight is 892 g/mol.